The molecule has 0 aromatic heterocycles. The molecule has 0 amide bonds. The summed E-state index contributed by atoms with van der Waals surface area (Å²) in [6.07, 6.45) is 5.46. The number of aryl methyl sites for hydroxylation is 1. The molecule has 1 aliphatic rings. The van der Waals surface area contributed by atoms with Gasteiger partial charge in [0.1, 0.15) is 0 Å². The summed E-state index contributed by atoms with van der Waals surface area (Å²) in [7, 11) is 0. The van der Waals surface area contributed by atoms with Gasteiger partial charge in [-0.1, -0.05) is 44.0 Å². The van der Waals surface area contributed by atoms with Crippen LogP contribution in [0.25, 0.3) is 0 Å². The van der Waals surface area contributed by atoms with Crippen LogP contribution in [0.2, 0.25) is 0 Å². The molecule has 1 unspecified atom stereocenters. The second kappa shape index (κ2) is 5.49. The van der Waals surface area contributed by atoms with Gasteiger partial charge in [-0.3, -0.25) is 0 Å². The number of rotatable bonds is 6. The third-order valence-corrected chi connectivity index (χ3v) is 3.54. The minimum atomic E-state index is 0.679. The van der Waals surface area contributed by atoms with Crippen LogP contribution in [0.4, 0.5) is 0 Å². The summed E-state index contributed by atoms with van der Waals surface area (Å²) in [4.78, 5) is 0. The van der Waals surface area contributed by atoms with Crippen molar-refractivity contribution >= 4 is 0 Å². The fourth-order valence-corrected chi connectivity index (χ4v) is 2.39. The number of benzene rings is 1. The molecule has 1 aromatic carbocycles. The lowest BCUT2D eigenvalue weighted by Crippen LogP contribution is -2.31. The molecular weight excluding hydrogens is 194 g/mol. The molecule has 0 aliphatic heterocycles. The Morgan fingerprint density at radius 3 is 2.69 bits per heavy atom. The molecule has 2 rings (SSSR count). The highest BCUT2D eigenvalue weighted by atomic mass is 14.9. The minimum Gasteiger partial charge on any atom is -0.314 e. The van der Waals surface area contributed by atoms with Crippen LogP contribution in [0.1, 0.15) is 37.3 Å². The minimum absolute atomic E-state index is 0.679. The van der Waals surface area contributed by atoms with E-state index in [1.54, 1.807) is 0 Å². The first-order valence-corrected chi connectivity index (χ1v) is 6.57. The molecule has 88 valence electrons. The van der Waals surface area contributed by atoms with E-state index in [4.69, 9.17) is 0 Å². The van der Waals surface area contributed by atoms with Gasteiger partial charge in [0.05, 0.1) is 0 Å². The molecule has 0 spiro atoms. The van der Waals surface area contributed by atoms with Crippen molar-refractivity contribution in [3.63, 3.8) is 0 Å². The van der Waals surface area contributed by atoms with Crippen LogP contribution in [-0.2, 0) is 6.42 Å². The Balaban J connectivity index is 1.95. The molecule has 1 nitrogen and oxygen atoms in total. The molecule has 1 aromatic rings. The lowest BCUT2D eigenvalue weighted by atomic mass is 9.98. The van der Waals surface area contributed by atoms with Crippen LogP contribution in [0.5, 0.6) is 0 Å². The highest BCUT2D eigenvalue weighted by molar-refractivity contribution is 5.26. The summed E-state index contributed by atoms with van der Waals surface area (Å²) < 4.78 is 0. The summed E-state index contributed by atoms with van der Waals surface area (Å²) in [5, 5.41) is 3.63. The van der Waals surface area contributed by atoms with Crippen molar-refractivity contribution in [1.29, 1.82) is 0 Å². The Morgan fingerprint density at radius 2 is 2.06 bits per heavy atom. The van der Waals surface area contributed by atoms with E-state index in [2.05, 4.69) is 43.4 Å². The number of likely N-dealkylation sites (N-methyl/N-ethyl adjacent to an activating group) is 1. The maximum atomic E-state index is 3.63. The molecule has 16 heavy (non-hydrogen) atoms. The zero-order valence-electron chi connectivity index (χ0n) is 10.5. The fraction of sp³-hybridized carbons (Fsp3) is 0.600. The van der Waals surface area contributed by atoms with E-state index < -0.39 is 0 Å². The first-order valence-electron chi connectivity index (χ1n) is 6.57. The van der Waals surface area contributed by atoms with Crippen LogP contribution in [0.3, 0.4) is 0 Å². The van der Waals surface area contributed by atoms with E-state index in [1.807, 2.05) is 0 Å². The Kier molecular flexibility index (Phi) is 4.00. The average molecular weight is 217 g/mol. The molecule has 1 saturated carbocycles. The van der Waals surface area contributed by atoms with E-state index in [1.165, 1.54) is 36.8 Å². The molecule has 1 aliphatic carbocycles. The third kappa shape index (κ3) is 3.34. The van der Waals surface area contributed by atoms with E-state index in [-0.39, 0.29) is 0 Å². The molecule has 1 fully saturated rings. The summed E-state index contributed by atoms with van der Waals surface area (Å²) >= 11 is 0. The maximum absolute atomic E-state index is 3.63. The van der Waals surface area contributed by atoms with Gasteiger partial charge in [-0.05, 0) is 43.4 Å². The Labute approximate surface area is 99.3 Å². The Bertz CT molecular complexity index is 328. The lowest BCUT2D eigenvalue weighted by molar-refractivity contribution is 0.465. The van der Waals surface area contributed by atoms with Crippen LogP contribution in [0.15, 0.2) is 24.3 Å². The predicted molar refractivity (Wildman–Crippen MR) is 69.7 cm³/mol. The van der Waals surface area contributed by atoms with Crippen molar-refractivity contribution in [2.75, 3.05) is 6.54 Å². The molecule has 0 bridgehead atoms. The summed E-state index contributed by atoms with van der Waals surface area (Å²) in [5.74, 6) is 1.01. The largest absolute Gasteiger partial charge is 0.314 e. The number of nitrogens with one attached hydrogen (secondary N) is 1. The van der Waals surface area contributed by atoms with E-state index in [0.29, 0.717) is 6.04 Å². The maximum Gasteiger partial charge on any atom is 0.0110 e. The van der Waals surface area contributed by atoms with E-state index in [0.717, 1.165) is 12.5 Å². The zero-order valence-corrected chi connectivity index (χ0v) is 10.5. The standard InChI is InChI=1S/C15H23N/c1-3-16-15(10-13-8-9-13)11-14-7-5-4-6-12(14)2/h4-7,13,15-16H,3,8-11H2,1-2H3. The molecular formula is C15H23N. The first-order chi connectivity index (χ1) is 7.79. The van der Waals surface area contributed by atoms with Gasteiger partial charge in [0.25, 0.3) is 0 Å². The van der Waals surface area contributed by atoms with Gasteiger partial charge in [-0.25, -0.2) is 0 Å². The highest BCUT2D eigenvalue weighted by Crippen LogP contribution is 2.34. The average Bonchev–Trinajstić information content (AvgIpc) is 3.06. The monoisotopic (exact) mass is 217 g/mol. The first kappa shape index (κ1) is 11.7. The summed E-state index contributed by atoms with van der Waals surface area (Å²) in [6.45, 7) is 5.51. The molecule has 1 heteroatoms. The smallest absolute Gasteiger partial charge is 0.0110 e. The van der Waals surface area contributed by atoms with E-state index >= 15 is 0 Å². The molecule has 0 radical (unpaired) electrons. The van der Waals surface area contributed by atoms with Gasteiger partial charge in [0, 0.05) is 6.04 Å². The zero-order chi connectivity index (χ0) is 11.4. The van der Waals surface area contributed by atoms with Crippen molar-refractivity contribution in [2.45, 2.75) is 45.6 Å². The highest BCUT2D eigenvalue weighted by Gasteiger charge is 2.25. The predicted octanol–water partition coefficient (Wildman–Crippen LogP) is 3.32. The van der Waals surface area contributed by atoms with Crippen LogP contribution in [0, 0.1) is 12.8 Å². The molecule has 1 atom stereocenters. The van der Waals surface area contributed by atoms with Crippen LogP contribution in [-0.4, -0.2) is 12.6 Å². The third-order valence-electron chi connectivity index (χ3n) is 3.54. The molecule has 1 N–H and O–H groups in total. The van der Waals surface area contributed by atoms with Gasteiger partial charge >= 0.3 is 0 Å². The van der Waals surface area contributed by atoms with Crippen molar-refractivity contribution in [3.05, 3.63) is 35.4 Å². The van der Waals surface area contributed by atoms with Gasteiger partial charge in [0.2, 0.25) is 0 Å². The second-order valence-electron chi connectivity index (χ2n) is 5.06. The SMILES string of the molecule is CCNC(Cc1ccccc1C)CC1CC1. The van der Waals surface area contributed by atoms with E-state index in [9.17, 15) is 0 Å². The van der Waals surface area contributed by atoms with Crippen molar-refractivity contribution < 1.29 is 0 Å². The van der Waals surface area contributed by atoms with Crippen molar-refractivity contribution in [2.24, 2.45) is 5.92 Å². The summed E-state index contributed by atoms with van der Waals surface area (Å²) in [6, 6.07) is 9.45. The van der Waals surface area contributed by atoms with Gasteiger partial charge < -0.3 is 5.32 Å². The van der Waals surface area contributed by atoms with Gasteiger partial charge in [-0.15, -0.1) is 0 Å². The Morgan fingerprint density at radius 1 is 1.31 bits per heavy atom. The number of hydrogen-bond acceptors (Lipinski definition) is 1. The molecule has 0 saturated heterocycles. The Hall–Kier alpha value is -0.820. The van der Waals surface area contributed by atoms with Crippen molar-refractivity contribution in [3.8, 4) is 0 Å². The van der Waals surface area contributed by atoms with Crippen LogP contribution < -0.4 is 5.32 Å². The second-order valence-corrected chi connectivity index (χ2v) is 5.06. The lowest BCUT2D eigenvalue weighted by Gasteiger charge is -2.18. The number of hydrogen-bond donors (Lipinski definition) is 1. The fourth-order valence-electron chi connectivity index (χ4n) is 2.39. The molecule has 0 heterocycles. The van der Waals surface area contributed by atoms with Gasteiger partial charge in [-0.2, -0.15) is 0 Å². The quantitative estimate of drug-likeness (QED) is 0.771. The van der Waals surface area contributed by atoms with Crippen molar-refractivity contribution in [1.82, 2.24) is 5.32 Å². The summed E-state index contributed by atoms with van der Waals surface area (Å²) in [5.41, 5.74) is 2.94. The van der Waals surface area contributed by atoms with Crippen LogP contribution >= 0.6 is 0 Å². The van der Waals surface area contributed by atoms with Gasteiger partial charge in [0.15, 0.2) is 0 Å². The topological polar surface area (TPSA) is 12.0 Å². The normalized spacial score (nSPS) is 17.4.